The van der Waals surface area contributed by atoms with Crippen molar-refractivity contribution < 1.29 is 0 Å². The van der Waals surface area contributed by atoms with Crippen molar-refractivity contribution in [2.75, 3.05) is 0 Å². The summed E-state index contributed by atoms with van der Waals surface area (Å²) in [5, 5.41) is 4.87. The summed E-state index contributed by atoms with van der Waals surface area (Å²) in [6.07, 6.45) is 7.84. The molecule has 232 valence electrons. The molecular formula is C47H29N3. The van der Waals surface area contributed by atoms with Gasteiger partial charge >= 0.3 is 0 Å². The van der Waals surface area contributed by atoms with E-state index in [1.165, 1.54) is 27.1 Å². The Labute approximate surface area is 290 Å². The average molecular weight is 636 g/mol. The Morgan fingerprint density at radius 2 is 0.940 bits per heavy atom. The zero-order valence-electron chi connectivity index (χ0n) is 27.1. The number of allylic oxidation sites excluding steroid dienone is 4. The number of nitrogens with zero attached hydrogens (tertiary/aromatic N) is 3. The Morgan fingerprint density at radius 1 is 0.400 bits per heavy atom. The number of pyridine rings is 1. The van der Waals surface area contributed by atoms with Gasteiger partial charge in [0.05, 0.1) is 17.0 Å². The quantitative estimate of drug-likeness (QED) is 0.135. The van der Waals surface area contributed by atoms with Gasteiger partial charge in [-0.05, 0) is 79.7 Å². The molecule has 0 spiro atoms. The Balaban J connectivity index is 1.16. The van der Waals surface area contributed by atoms with Crippen molar-refractivity contribution in [3.05, 3.63) is 199 Å². The second kappa shape index (κ2) is 12.6. The standard InChI is InChI=1S/C47H29N3/c1-2-9-32(10-3-1)33-16-22-36(23-17-33)45-30-46(37-24-18-34(19-25-37)40-12-8-28-48-31-40)50-47(49-45)38-26-20-35(21-27-38)44-29-39-11-4-5-13-41(39)42-14-6-7-15-43(42)44/h1-20,22-26,28-31H. The van der Waals surface area contributed by atoms with E-state index in [1.54, 1.807) is 6.20 Å². The topological polar surface area (TPSA) is 38.7 Å². The van der Waals surface area contributed by atoms with Crippen LogP contribution in [0.25, 0.3) is 77.5 Å². The van der Waals surface area contributed by atoms with Crippen LogP contribution in [0.5, 0.6) is 0 Å². The highest BCUT2D eigenvalue weighted by molar-refractivity contribution is 6.12. The van der Waals surface area contributed by atoms with Gasteiger partial charge in [0, 0.05) is 29.1 Å². The molecule has 0 radical (unpaired) electrons. The van der Waals surface area contributed by atoms with E-state index in [1.807, 2.05) is 18.3 Å². The molecule has 1 aliphatic rings. The number of rotatable bonds is 6. The average Bonchev–Trinajstić information content (AvgIpc) is 3.21. The van der Waals surface area contributed by atoms with Gasteiger partial charge in [-0.3, -0.25) is 4.98 Å². The normalized spacial score (nSPS) is 12.2. The minimum atomic E-state index is 0.604. The highest BCUT2D eigenvalue weighted by Gasteiger charge is 2.15. The molecule has 50 heavy (non-hydrogen) atoms. The van der Waals surface area contributed by atoms with Crippen LogP contribution in [0.2, 0.25) is 0 Å². The van der Waals surface area contributed by atoms with Gasteiger partial charge in [0.2, 0.25) is 0 Å². The van der Waals surface area contributed by atoms with Gasteiger partial charge in [-0.1, -0.05) is 145 Å². The van der Waals surface area contributed by atoms with Gasteiger partial charge in [0.15, 0.2) is 5.82 Å². The molecule has 9 rings (SSSR count). The van der Waals surface area contributed by atoms with Crippen LogP contribution in [-0.4, -0.2) is 15.0 Å². The fraction of sp³-hybridized carbons (Fsp3) is 0. The first kappa shape index (κ1) is 29.3. The van der Waals surface area contributed by atoms with Gasteiger partial charge in [0.25, 0.3) is 0 Å². The van der Waals surface area contributed by atoms with E-state index in [2.05, 4.69) is 168 Å². The van der Waals surface area contributed by atoms with E-state index >= 15 is 0 Å². The molecule has 0 fully saturated rings. The van der Waals surface area contributed by atoms with Crippen LogP contribution in [0.3, 0.4) is 0 Å². The van der Waals surface area contributed by atoms with E-state index < -0.39 is 0 Å². The molecule has 3 heteroatoms. The lowest BCUT2D eigenvalue weighted by molar-refractivity contribution is 1.13. The first-order valence-electron chi connectivity index (χ1n) is 16.7. The molecular weight excluding hydrogens is 607 g/mol. The maximum absolute atomic E-state index is 5.09. The third kappa shape index (κ3) is 5.56. The predicted molar refractivity (Wildman–Crippen MR) is 206 cm³/mol. The van der Waals surface area contributed by atoms with Crippen molar-refractivity contribution in [3.63, 3.8) is 0 Å². The molecule has 0 unspecified atom stereocenters. The molecule has 0 N–H and O–H groups in total. The van der Waals surface area contributed by atoms with Crippen LogP contribution in [0.15, 0.2) is 188 Å². The molecule has 6 aromatic carbocycles. The summed E-state index contributed by atoms with van der Waals surface area (Å²) in [6.45, 7) is 0. The number of hydrogen-bond donors (Lipinski definition) is 0. The smallest absolute Gasteiger partial charge is 0.168 e. The molecule has 3 nitrogen and oxygen atoms in total. The predicted octanol–water partition coefficient (Wildman–Crippen LogP) is 11.6. The summed E-state index contributed by atoms with van der Waals surface area (Å²) in [4.78, 5) is 14.5. The van der Waals surface area contributed by atoms with Crippen LogP contribution in [0.4, 0.5) is 0 Å². The highest BCUT2D eigenvalue weighted by atomic mass is 14.9. The third-order valence-corrected chi connectivity index (χ3v) is 9.24. The monoisotopic (exact) mass is 635 g/mol. The Kier molecular flexibility index (Phi) is 7.38. The van der Waals surface area contributed by atoms with Gasteiger partial charge in [-0.15, -0.1) is 0 Å². The second-order valence-electron chi connectivity index (χ2n) is 12.3. The Bertz CT molecular complexity index is 2580. The van der Waals surface area contributed by atoms with E-state index in [0.717, 1.165) is 55.9 Å². The lowest BCUT2D eigenvalue weighted by atomic mass is 9.92. The summed E-state index contributed by atoms with van der Waals surface area (Å²) in [5.41, 5.74) is 18.0. The van der Waals surface area contributed by atoms with E-state index in [4.69, 9.17) is 9.97 Å². The molecule has 8 aromatic rings. The van der Waals surface area contributed by atoms with Crippen molar-refractivity contribution >= 4 is 32.7 Å². The number of benzene rings is 6. The van der Waals surface area contributed by atoms with Crippen molar-refractivity contribution in [1.29, 1.82) is 0 Å². The summed E-state index contributed by atoms with van der Waals surface area (Å²) in [5.74, 6) is 0.604. The van der Waals surface area contributed by atoms with Crippen LogP contribution >= 0.6 is 0 Å². The second-order valence-corrected chi connectivity index (χ2v) is 12.3. The number of aromatic nitrogens is 3. The van der Waals surface area contributed by atoms with Crippen LogP contribution in [0.1, 0.15) is 11.4 Å². The number of fused-ring (bicyclic) bond motifs is 3. The van der Waals surface area contributed by atoms with Gasteiger partial charge in [-0.2, -0.15) is 0 Å². The molecule has 1 aliphatic carbocycles. The summed E-state index contributed by atoms with van der Waals surface area (Å²) in [7, 11) is 0. The maximum Gasteiger partial charge on any atom is 0.168 e. The third-order valence-electron chi connectivity index (χ3n) is 9.24. The fourth-order valence-corrected chi connectivity index (χ4v) is 6.64. The van der Waals surface area contributed by atoms with Crippen molar-refractivity contribution in [2.24, 2.45) is 0 Å². The first-order valence-corrected chi connectivity index (χ1v) is 16.7. The zero-order valence-corrected chi connectivity index (χ0v) is 27.1. The lowest BCUT2D eigenvalue weighted by Gasteiger charge is -2.12. The fourth-order valence-electron chi connectivity index (χ4n) is 6.64. The molecule has 0 aliphatic heterocycles. The summed E-state index contributed by atoms with van der Waals surface area (Å²) >= 11 is 0. The van der Waals surface area contributed by atoms with Crippen molar-refractivity contribution in [3.8, 4) is 44.8 Å². The van der Waals surface area contributed by atoms with Crippen LogP contribution in [-0.2, 0) is 0 Å². The molecule has 0 saturated heterocycles. The Hall–Kier alpha value is -6.89. The molecule has 0 amide bonds. The number of hydrogen-bond acceptors (Lipinski definition) is 3. The lowest BCUT2D eigenvalue weighted by Crippen LogP contribution is -1.99. The van der Waals surface area contributed by atoms with Crippen LogP contribution in [0, 0.1) is 0 Å². The van der Waals surface area contributed by atoms with Crippen molar-refractivity contribution in [1.82, 2.24) is 15.0 Å². The minimum Gasteiger partial charge on any atom is -0.264 e. The van der Waals surface area contributed by atoms with Gasteiger partial charge < -0.3 is 0 Å². The highest BCUT2D eigenvalue weighted by Crippen LogP contribution is 2.35. The zero-order chi connectivity index (χ0) is 33.3. The molecule has 2 heterocycles. The van der Waals surface area contributed by atoms with Crippen molar-refractivity contribution in [2.45, 2.75) is 0 Å². The van der Waals surface area contributed by atoms with E-state index in [0.29, 0.717) is 5.82 Å². The van der Waals surface area contributed by atoms with Gasteiger partial charge in [0.1, 0.15) is 0 Å². The Morgan fingerprint density at radius 3 is 1.60 bits per heavy atom. The molecule has 2 aromatic heterocycles. The summed E-state index contributed by atoms with van der Waals surface area (Å²) in [6, 6.07) is 52.9. The molecule has 0 bridgehead atoms. The largest absolute Gasteiger partial charge is 0.264 e. The maximum atomic E-state index is 5.09. The minimum absolute atomic E-state index is 0.604. The molecule has 0 atom stereocenters. The van der Waals surface area contributed by atoms with Gasteiger partial charge in [-0.25, -0.2) is 9.97 Å². The molecule has 0 saturated carbocycles. The SMILES string of the molecule is C1=C=C(c2cc3ccccc3c3ccccc23)C=CC=1c1nc(-c2ccc(-c3ccccc3)cc2)cc(-c2ccc(-c3cccnc3)cc2)n1. The summed E-state index contributed by atoms with van der Waals surface area (Å²) < 4.78 is 0. The first-order chi connectivity index (χ1) is 24.8. The van der Waals surface area contributed by atoms with E-state index in [9.17, 15) is 0 Å². The van der Waals surface area contributed by atoms with Crippen LogP contribution < -0.4 is 0 Å². The van der Waals surface area contributed by atoms with E-state index in [-0.39, 0.29) is 0 Å².